The molecule has 3 nitrogen and oxygen atoms in total. The first kappa shape index (κ1) is 17.6. The minimum absolute atomic E-state index is 0. The van der Waals surface area contributed by atoms with Crippen LogP contribution >= 0.6 is 0 Å². The van der Waals surface area contributed by atoms with Crippen molar-refractivity contribution in [3.8, 4) is 0 Å². The molecule has 1 N–H and O–H groups in total. The predicted molar refractivity (Wildman–Crippen MR) is 41.3 cm³/mol. The van der Waals surface area contributed by atoms with Crippen LogP contribution in [0.4, 0.5) is 0 Å². The second-order valence-electron chi connectivity index (χ2n) is 1.69. The third-order valence-electron chi connectivity index (χ3n) is 0.474. The molecule has 0 unspecified atom stereocenters. The van der Waals surface area contributed by atoms with E-state index in [0.717, 1.165) is 0 Å². The fourth-order valence-corrected chi connectivity index (χ4v) is 0.190. The minimum atomic E-state index is 0. The van der Waals surface area contributed by atoms with Crippen molar-refractivity contribution in [2.75, 3.05) is 13.2 Å². The molecule has 0 aliphatic heterocycles. The first-order valence-electron chi connectivity index (χ1n) is 3.37. The maximum absolute atomic E-state index is 9.49. The van der Waals surface area contributed by atoms with Crippen molar-refractivity contribution in [1.29, 1.82) is 0 Å². The van der Waals surface area contributed by atoms with Gasteiger partial charge in [0.05, 0.1) is 0 Å². The van der Waals surface area contributed by atoms with Gasteiger partial charge in [-0.15, -0.1) is 0 Å². The van der Waals surface area contributed by atoms with Crippen LogP contribution in [0.5, 0.6) is 0 Å². The van der Waals surface area contributed by atoms with E-state index >= 15 is 0 Å². The molecule has 0 aliphatic carbocycles. The molecule has 11 heavy (non-hydrogen) atoms. The summed E-state index contributed by atoms with van der Waals surface area (Å²) in [5, 5.41) is 2.40. The van der Waals surface area contributed by atoms with Crippen LogP contribution in [0.2, 0.25) is 0 Å². The van der Waals surface area contributed by atoms with Gasteiger partial charge in [-0.2, -0.15) is 0 Å². The summed E-state index contributed by atoms with van der Waals surface area (Å²) in [6, 6.07) is 0. The summed E-state index contributed by atoms with van der Waals surface area (Å²) in [6.45, 7) is 5.26. The van der Waals surface area contributed by atoms with Gasteiger partial charge >= 0.3 is 0 Å². The van der Waals surface area contributed by atoms with Gasteiger partial charge in [-0.05, 0) is 0 Å². The van der Waals surface area contributed by atoms with Crippen LogP contribution in [0.3, 0.4) is 0 Å². The zero-order valence-corrected chi connectivity index (χ0v) is 10.1. The second kappa shape index (κ2) is 22.4. The molecule has 0 aliphatic rings. The van der Waals surface area contributed by atoms with E-state index in [9.17, 15) is 4.79 Å². The van der Waals surface area contributed by atoms with Crippen molar-refractivity contribution in [1.82, 2.24) is 5.32 Å². The summed E-state index contributed by atoms with van der Waals surface area (Å²) >= 11 is 0. The number of ether oxygens (including phenoxy) is 1. The number of carbonyl (C=O) groups is 1. The number of amides is 1. The van der Waals surface area contributed by atoms with Gasteiger partial charge in [0.25, 0.3) is 0 Å². The average Bonchev–Trinajstić information content (AvgIpc) is 1.91. The van der Waals surface area contributed by atoms with Crippen LogP contribution in [-0.4, -0.2) is 19.6 Å². The van der Waals surface area contributed by atoms with E-state index in [-0.39, 0.29) is 32.7 Å². The van der Waals surface area contributed by atoms with Crippen LogP contribution in [0.15, 0.2) is 0 Å². The molecule has 0 atom stereocenters. The van der Waals surface area contributed by atoms with Crippen LogP contribution in [0.1, 0.15) is 20.3 Å². The Morgan fingerprint density at radius 3 is 2.27 bits per heavy atom. The van der Waals surface area contributed by atoms with Crippen LogP contribution < -0.4 is 5.32 Å². The van der Waals surface area contributed by atoms with Gasteiger partial charge in [-0.25, -0.2) is 7.11 Å². The summed E-state index contributed by atoms with van der Waals surface area (Å²) in [4.78, 5) is 9.49. The molecule has 1 amide bonds. The Morgan fingerprint density at radius 1 is 1.55 bits per heavy atom. The number of hydrogen-bond donors (Lipinski definition) is 1. The Balaban J connectivity index is -0.000000140. The second-order valence-corrected chi connectivity index (χ2v) is 1.69. The largest absolute Gasteiger partial charge is 0.554 e. The monoisotopic (exact) mass is 235 g/mol. The van der Waals surface area contributed by atoms with Crippen molar-refractivity contribution in [3.05, 3.63) is 7.11 Å². The van der Waals surface area contributed by atoms with Gasteiger partial charge in [0, 0.05) is 45.9 Å². The van der Waals surface area contributed by atoms with Gasteiger partial charge < -0.3 is 10.1 Å². The van der Waals surface area contributed by atoms with E-state index in [2.05, 4.69) is 31.0 Å². The van der Waals surface area contributed by atoms with E-state index in [4.69, 9.17) is 0 Å². The Morgan fingerprint density at radius 2 is 2.00 bits per heavy atom. The van der Waals surface area contributed by atoms with Gasteiger partial charge in [-0.1, -0.05) is 20.3 Å². The van der Waals surface area contributed by atoms with E-state index in [1.54, 1.807) is 0 Å². The molecule has 0 saturated heterocycles. The molecule has 4 heteroatoms. The fraction of sp³-hybridized carbons (Fsp3) is 0.714. The van der Waals surface area contributed by atoms with E-state index in [1.807, 2.05) is 0 Å². The number of carbonyl (C=O) groups excluding carboxylic acids is 1. The van der Waals surface area contributed by atoms with Gasteiger partial charge in [-0.3, -0.25) is 4.79 Å². The molecule has 65 valence electrons. The van der Waals surface area contributed by atoms with E-state index in [1.165, 1.54) is 6.42 Å². The third-order valence-corrected chi connectivity index (χ3v) is 0.474. The smallest absolute Gasteiger partial charge is 0.207 e. The van der Waals surface area contributed by atoms with Crippen molar-refractivity contribution >= 4 is 6.41 Å². The molecule has 0 aromatic rings. The van der Waals surface area contributed by atoms with Gasteiger partial charge in [0.15, 0.2) is 0 Å². The quantitative estimate of drug-likeness (QED) is 0.447. The Labute approximate surface area is 94.1 Å². The SMILES string of the molecule is CCC.[CH2-]OCCNC=O.[Y]. The summed E-state index contributed by atoms with van der Waals surface area (Å²) in [5.41, 5.74) is 0. The third kappa shape index (κ3) is 37.3. The molecule has 1 radical (unpaired) electrons. The van der Waals surface area contributed by atoms with Crippen LogP contribution in [-0.2, 0) is 42.2 Å². The number of nitrogens with one attached hydrogen (secondary N) is 1. The average molecular weight is 235 g/mol. The van der Waals surface area contributed by atoms with Gasteiger partial charge in [0.2, 0.25) is 6.41 Å². The molecule has 0 rings (SSSR count). The Hall–Kier alpha value is 0.534. The van der Waals surface area contributed by atoms with Gasteiger partial charge in [0.1, 0.15) is 0 Å². The van der Waals surface area contributed by atoms with Crippen molar-refractivity contribution in [2.45, 2.75) is 20.3 Å². The fourth-order valence-electron chi connectivity index (χ4n) is 0.190. The molecule has 0 spiro atoms. The maximum Gasteiger partial charge on any atom is 0.207 e. The maximum atomic E-state index is 9.49. The summed E-state index contributed by atoms with van der Waals surface area (Å²) in [6.07, 6.45) is 1.87. The molecule has 0 bridgehead atoms. The van der Waals surface area contributed by atoms with Crippen molar-refractivity contribution in [2.24, 2.45) is 0 Å². The summed E-state index contributed by atoms with van der Waals surface area (Å²) in [5.74, 6) is 0. The zero-order chi connectivity index (χ0) is 8.24. The molecule has 0 saturated carbocycles. The van der Waals surface area contributed by atoms with E-state index < -0.39 is 0 Å². The van der Waals surface area contributed by atoms with E-state index in [0.29, 0.717) is 19.6 Å². The predicted octanol–water partition coefficient (Wildman–Crippen LogP) is 0.954. The first-order valence-corrected chi connectivity index (χ1v) is 3.37. The molecular weight excluding hydrogens is 219 g/mol. The Kier molecular flexibility index (Phi) is 35.8. The Bertz CT molecular complexity index is 62.4. The standard InChI is InChI=1S/C4H8NO2.C3H8.Y/c1-7-3-2-5-4-6;1-3-2;/h4H,1-3H2,(H,5,6);3H2,1-2H3;/q-1;;. The topological polar surface area (TPSA) is 38.3 Å². The molecular formula is C7H16NO2Y-. The minimum Gasteiger partial charge on any atom is -0.554 e. The normalized spacial score (nSPS) is 6.82. The zero-order valence-electron chi connectivity index (χ0n) is 7.30. The first-order chi connectivity index (χ1) is 4.83. The molecule has 0 fully saturated rings. The summed E-state index contributed by atoms with van der Waals surface area (Å²) in [7, 11) is 3.10. The molecule has 0 aromatic heterocycles. The number of hydrogen-bond acceptors (Lipinski definition) is 2. The van der Waals surface area contributed by atoms with Crippen LogP contribution in [0, 0.1) is 7.11 Å². The van der Waals surface area contributed by atoms with Crippen LogP contribution in [0.25, 0.3) is 0 Å². The molecule has 0 aromatic carbocycles. The summed E-state index contributed by atoms with van der Waals surface area (Å²) < 4.78 is 4.37. The van der Waals surface area contributed by atoms with Crippen molar-refractivity contribution in [3.63, 3.8) is 0 Å². The van der Waals surface area contributed by atoms with Crippen molar-refractivity contribution < 1.29 is 42.2 Å². The molecule has 0 heterocycles. The number of rotatable bonds is 4.